The van der Waals surface area contributed by atoms with Crippen molar-refractivity contribution < 1.29 is 28.7 Å². The number of rotatable bonds is 8. The number of likely N-dealkylation sites (tertiary alicyclic amines) is 1. The molecule has 2 nitrogen and oxygen atoms in total. The minimum Gasteiger partial charge on any atom is -0.147 e. The van der Waals surface area contributed by atoms with Crippen LogP contribution in [0, 0.1) is 11.9 Å². The van der Waals surface area contributed by atoms with Crippen LogP contribution < -0.4 is 0 Å². The van der Waals surface area contributed by atoms with E-state index in [2.05, 4.69) is 125 Å². The molecule has 4 aromatic rings. The van der Waals surface area contributed by atoms with E-state index in [-0.39, 0.29) is 48.0 Å². The van der Waals surface area contributed by atoms with Gasteiger partial charge < -0.3 is 10.0 Å². The number of phenols is 1. The first-order chi connectivity index (χ1) is 23.2. The Morgan fingerprint density at radius 1 is 0.820 bits per heavy atom. The van der Waals surface area contributed by atoms with Gasteiger partial charge in [0.25, 0.3) is 0 Å². The molecule has 0 saturated carbocycles. The Labute approximate surface area is 325 Å². The zero-order valence-electron chi connectivity index (χ0n) is 30.3. The van der Waals surface area contributed by atoms with Crippen molar-refractivity contribution in [3.63, 3.8) is 0 Å². The Hall–Kier alpha value is -2.18. The smallest absolute Gasteiger partial charge is 0.147 e. The maximum absolute atomic E-state index is 13.9. The maximum atomic E-state index is 13.9. The first-order valence-electron chi connectivity index (χ1n) is 17.9. The Balaban J connectivity index is 0.000000270. The summed E-state index contributed by atoms with van der Waals surface area (Å²) in [6.07, 6.45) is 13.2. The molecule has 265 valence electrons. The molecule has 7 heteroatoms. The fourth-order valence-electron chi connectivity index (χ4n) is 7.82. The first-order valence-corrected chi connectivity index (χ1v) is 22.7. The van der Waals surface area contributed by atoms with Crippen LogP contribution in [0.3, 0.4) is 0 Å². The second-order valence-electron chi connectivity index (χ2n) is 13.8. The van der Waals surface area contributed by atoms with E-state index in [0.717, 1.165) is 31.2 Å². The molecule has 1 heterocycles. The summed E-state index contributed by atoms with van der Waals surface area (Å²) in [5.41, 5.74) is 10.9. The van der Waals surface area contributed by atoms with E-state index in [4.69, 9.17) is 0 Å². The molecule has 0 spiro atoms. The van der Waals surface area contributed by atoms with Crippen LogP contribution in [0.15, 0.2) is 90.5 Å². The monoisotopic (exact) mass is 764 g/mol. The van der Waals surface area contributed by atoms with Crippen LogP contribution in [0.1, 0.15) is 100 Å². The van der Waals surface area contributed by atoms with Gasteiger partial charge in [-0.1, -0.05) is 88.9 Å². The fourth-order valence-corrected chi connectivity index (χ4v) is 7.82. The summed E-state index contributed by atoms with van der Waals surface area (Å²) in [6, 6.07) is 28.5. The molecule has 0 radical (unpaired) electrons. The van der Waals surface area contributed by atoms with Crippen LogP contribution in [-0.4, -0.2) is 29.3 Å². The van der Waals surface area contributed by atoms with E-state index in [1.54, 1.807) is 0 Å². The normalized spacial score (nSPS) is 16.2. The number of phenolic OH excluding ortho intramolecular Hbond substituents is 1. The zero-order valence-corrected chi connectivity index (χ0v) is 34.5. The number of hydrogen-bond acceptors (Lipinski definition) is 2. The molecule has 0 amide bonds. The number of hydrogen-bond donors (Lipinski definition) is 1. The number of fused-ring (bicyclic) bond motifs is 4. The molecular formula is C43H53Cl2FNOSiTi. The summed E-state index contributed by atoms with van der Waals surface area (Å²) in [6.45, 7) is 13.7. The van der Waals surface area contributed by atoms with Gasteiger partial charge in [0, 0.05) is 17.0 Å². The SMILES string of the molecule is CC1=[C-]c2ccccc2C1N1CCCC1.CCCCC1(CCCC)c2ccccc2-c2ccc(-c3cc(F)ccc3O)cc21.C[Si](C)=[Ti+].Cl.Cl. The van der Waals surface area contributed by atoms with E-state index in [1.807, 2.05) is 6.07 Å². The Morgan fingerprint density at radius 3 is 2.08 bits per heavy atom. The molecule has 1 saturated heterocycles. The van der Waals surface area contributed by atoms with Crippen LogP contribution in [0.2, 0.25) is 13.1 Å². The fraction of sp³-hybridized carbons (Fsp3) is 0.395. The van der Waals surface area contributed by atoms with Crippen molar-refractivity contribution in [1.82, 2.24) is 4.90 Å². The van der Waals surface area contributed by atoms with Gasteiger partial charge in [0.1, 0.15) is 11.6 Å². The van der Waals surface area contributed by atoms with Crippen molar-refractivity contribution in [3.05, 3.63) is 125 Å². The van der Waals surface area contributed by atoms with Crippen LogP contribution in [0.4, 0.5) is 4.39 Å². The Morgan fingerprint density at radius 2 is 1.42 bits per heavy atom. The predicted octanol–water partition coefficient (Wildman–Crippen LogP) is 12.4. The van der Waals surface area contributed by atoms with E-state index in [0.29, 0.717) is 11.6 Å². The topological polar surface area (TPSA) is 23.5 Å². The predicted molar refractivity (Wildman–Crippen MR) is 212 cm³/mol. The second-order valence-corrected chi connectivity index (χ2v) is 20.5. The summed E-state index contributed by atoms with van der Waals surface area (Å²) < 4.78 is 13.9. The van der Waals surface area contributed by atoms with E-state index in [1.165, 1.54) is 95.9 Å². The summed E-state index contributed by atoms with van der Waals surface area (Å²) in [7, 11) is 0. The Bertz CT molecular complexity index is 1760. The van der Waals surface area contributed by atoms with Gasteiger partial charge in [0.15, 0.2) is 0 Å². The molecule has 1 N–H and O–H groups in total. The minimum atomic E-state index is -0.329. The number of halogens is 3. The molecule has 1 unspecified atom stereocenters. The molecule has 1 fully saturated rings. The number of benzene rings is 4. The van der Waals surface area contributed by atoms with Gasteiger partial charge in [-0.05, 0) is 90.9 Å². The van der Waals surface area contributed by atoms with Crippen LogP contribution in [0.5, 0.6) is 5.75 Å². The minimum absolute atomic E-state index is 0. The van der Waals surface area contributed by atoms with Crippen molar-refractivity contribution in [1.29, 1.82) is 0 Å². The van der Waals surface area contributed by atoms with Gasteiger partial charge in [-0.2, -0.15) is 17.7 Å². The van der Waals surface area contributed by atoms with Crippen molar-refractivity contribution in [2.45, 2.75) is 96.7 Å². The summed E-state index contributed by atoms with van der Waals surface area (Å²) in [5.74, 6) is -0.209. The third-order valence-electron chi connectivity index (χ3n) is 9.95. The van der Waals surface area contributed by atoms with Gasteiger partial charge >= 0.3 is 38.5 Å². The quantitative estimate of drug-likeness (QED) is 0.143. The molecule has 2 aliphatic carbocycles. The molecule has 1 atom stereocenters. The molecular weight excluding hydrogens is 712 g/mol. The largest absolute Gasteiger partial charge is 0.147 e. The summed E-state index contributed by atoms with van der Waals surface area (Å²) in [5, 5.41) is 10.4. The van der Waals surface area contributed by atoms with E-state index < -0.39 is 0 Å². The van der Waals surface area contributed by atoms with E-state index >= 15 is 0 Å². The molecule has 50 heavy (non-hydrogen) atoms. The van der Waals surface area contributed by atoms with Crippen molar-refractivity contribution in [2.75, 3.05) is 13.1 Å². The van der Waals surface area contributed by atoms with E-state index in [9.17, 15) is 9.50 Å². The number of aromatic hydroxyl groups is 1. The molecule has 4 aromatic carbocycles. The summed E-state index contributed by atoms with van der Waals surface area (Å²) in [4.78, 5) is 2.59. The van der Waals surface area contributed by atoms with Crippen molar-refractivity contribution in [3.8, 4) is 28.0 Å². The van der Waals surface area contributed by atoms with Crippen molar-refractivity contribution >= 4 is 31.0 Å². The number of nitrogens with zero attached hydrogens (tertiary/aromatic N) is 1. The van der Waals surface area contributed by atoms with Gasteiger partial charge in [-0.25, -0.2) is 4.39 Å². The molecule has 7 rings (SSSR count). The average Bonchev–Trinajstić information content (AvgIpc) is 3.79. The zero-order chi connectivity index (χ0) is 34.3. The summed E-state index contributed by atoms with van der Waals surface area (Å²) >= 11 is 2.27. The first kappa shape index (κ1) is 42.2. The number of unbranched alkanes of at least 4 members (excludes halogenated alkanes) is 2. The van der Waals surface area contributed by atoms with Gasteiger partial charge in [0.2, 0.25) is 0 Å². The van der Waals surface area contributed by atoms with Gasteiger partial charge in [0.05, 0.1) is 0 Å². The van der Waals surface area contributed by atoms with Crippen LogP contribution in [0.25, 0.3) is 22.3 Å². The standard InChI is InChI=1S/C27H29FO.C14H16N.C2H6Si.2ClH.Ti/c1-3-5-15-27(16-6-4-2)24-10-8-7-9-21(24)22-13-11-19(17-25(22)27)23-18-20(28)12-14-26(23)29;1-11-10-12-6-2-3-7-13(12)14(11)15-8-4-5-9-15;1-3-2;;;/h7-14,17-18,29H,3-6,15-16H2,1-2H3;2-3,6-7,14H,4-5,8-9H2,1H3;1-2H3;2*1H;/q;-1;;;;+1. The molecule has 3 aliphatic rings. The average molecular weight is 766 g/mol. The molecule has 0 bridgehead atoms. The van der Waals surface area contributed by atoms with Gasteiger partial charge in [-0.15, -0.1) is 48.1 Å². The third-order valence-corrected chi connectivity index (χ3v) is 9.95. The maximum Gasteiger partial charge on any atom is -0.147 e. The van der Waals surface area contributed by atoms with Crippen LogP contribution >= 0.6 is 24.8 Å². The second kappa shape index (κ2) is 19.6. The van der Waals surface area contributed by atoms with Crippen molar-refractivity contribution in [2.24, 2.45) is 0 Å². The Kier molecular flexibility index (Phi) is 16.6. The van der Waals surface area contributed by atoms with Crippen LogP contribution in [-0.2, 0) is 24.6 Å². The van der Waals surface area contributed by atoms with Gasteiger partial charge in [-0.3, -0.25) is 0 Å². The third kappa shape index (κ3) is 9.43. The molecule has 0 aromatic heterocycles. The molecule has 1 aliphatic heterocycles.